The van der Waals surface area contributed by atoms with Gasteiger partial charge in [0.25, 0.3) is 0 Å². The van der Waals surface area contributed by atoms with E-state index >= 15 is 0 Å². The van der Waals surface area contributed by atoms with E-state index in [0.29, 0.717) is 23.7 Å². The van der Waals surface area contributed by atoms with Gasteiger partial charge in [-0.2, -0.15) is 0 Å². The predicted octanol–water partition coefficient (Wildman–Crippen LogP) is 2.95. The molecular formula is C22H24ClN3O2. The van der Waals surface area contributed by atoms with Gasteiger partial charge in [-0.3, -0.25) is 14.5 Å². The Bertz CT molecular complexity index is 829. The number of benzene rings is 2. The Morgan fingerprint density at radius 2 is 1.50 bits per heavy atom. The molecule has 6 heteroatoms. The van der Waals surface area contributed by atoms with Gasteiger partial charge in [0.05, 0.1) is 6.04 Å². The quantitative estimate of drug-likeness (QED) is 0.555. The van der Waals surface area contributed by atoms with E-state index in [1.54, 1.807) is 24.3 Å². The van der Waals surface area contributed by atoms with Crippen molar-refractivity contribution in [2.24, 2.45) is 0 Å². The van der Waals surface area contributed by atoms with Crippen LogP contribution in [0.1, 0.15) is 16.8 Å². The Balaban J connectivity index is 1.38. The highest BCUT2D eigenvalue weighted by Crippen LogP contribution is 2.22. The molecule has 4 rings (SSSR count). The summed E-state index contributed by atoms with van der Waals surface area (Å²) < 4.78 is 0. The Morgan fingerprint density at radius 3 is 2.11 bits per heavy atom. The molecule has 5 nitrogen and oxygen atoms in total. The van der Waals surface area contributed by atoms with Crippen molar-refractivity contribution in [3.8, 4) is 0 Å². The SMILES string of the molecule is O=C(CC(C(=O)N1CCN(c2ccccc2)CC1)N1CC1)c1ccc(Cl)cc1. The van der Waals surface area contributed by atoms with Crippen LogP contribution in [0.3, 0.4) is 0 Å². The molecule has 2 aromatic carbocycles. The van der Waals surface area contributed by atoms with E-state index in [1.807, 2.05) is 23.1 Å². The van der Waals surface area contributed by atoms with Crippen LogP contribution in [0.5, 0.6) is 0 Å². The van der Waals surface area contributed by atoms with E-state index in [-0.39, 0.29) is 24.2 Å². The van der Waals surface area contributed by atoms with Gasteiger partial charge in [0.1, 0.15) is 0 Å². The molecule has 28 heavy (non-hydrogen) atoms. The molecule has 2 aliphatic heterocycles. The van der Waals surface area contributed by atoms with Gasteiger partial charge < -0.3 is 9.80 Å². The minimum Gasteiger partial charge on any atom is -0.368 e. The number of halogens is 1. The number of carbonyl (C=O) groups excluding carboxylic acids is 2. The molecule has 2 fully saturated rings. The number of hydrogen-bond donors (Lipinski definition) is 0. The highest BCUT2D eigenvalue weighted by molar-refractivity contribution is 6.30. The fourth-order valence-corrected chi connectivity index (χ4v) is 3.83. The summed E-state index contributed by atoms with van der Waals surface area (Å²) in [5, 5.41) is 0.603. The highest BCUT2D eigenvalue weighted by atomic mass is 35.5. The van der Waals surface area contributed by atoms with E-state index in [0.717, 1.165) is 26.2 Å². The van der Waals surface area contributed by atoms with Crippen molar-refractivity contribution in [1.29, 1.82) is 0 Å². The van der Waals surface area contributed by atoms with Gasteiger partial charge in [-0.05, 0) is 36.4 Å². The summed E-state index contributed by atoms with van der Waals surface area (Å²) >= 11 is 5.91. The molecule has 0 saturated carbocycles. The zero-order valence-corrected chi connectivity index (χ0v) is 16.5. The molecule has 0 N–H and O–H groups in total. The summed E-state index contributed by atoms with van der Waals surface area (Å²) in [7, 11) is 0. The van der Waals surface area contributed by atoms with Crippen LogP contribution >= 0.6 is 11.6 Å². The van der Waals surface area contributed by atoms with Gasteiger partial charge in [0.15, 0.2) is 5.78 Å². The summed E-state index contributed by atoms with van der Waals surface area (Å²) in [6.07, 6.45) is 0.222. The first-order valence-corrected chi connectivity index (χ1v) is 10.1. The van der Waals surface area contributed by atoms with Crippen LogP contribution in [0, 0.1) is 0 Å². The number of Topliss-reactive ketones (excluding diaryl/α,β-unsaturated/α-hetero) is 1. The van der Waals surface area contributed by atoms with Crippen molar-refractivity contribution >= 4 is 29.0 Å². The monoisotopic (exact) mass is 397 g/mol. The summed E-state index contributed by atoms with van der Waals surface area (Å²) in [4.78, 5) is 32.1. The van der Waals surface area contributed by atoms with Gasteiger partial charge in [-0.1, -0.05) is 29.8 Å². The lowest BCUT2D eigenvalue weighted by Crippen LogP contribution is -2.53. The molecule has 2 aromatic rings. The van der Waals surface area contributed by atoms with E-state index in [9.17, 15) is 9.59 Å². The molecule has 0 bridgehead atoms. The molecular weight excluding hydrogens is 374 g/mol. The van der Waals surface area contributed by atoms with Gasteiger partial charge in [-0.15, -0.1) is 0 Å². The van der Waals surface area contributed by atoms with E-state index in [1.165, 1.54) is 5.69 Å². The lowest BCUT2D eigenvalue weighted by Gasteiger charge is -2.37. The van der Waals surface area contributed by atoms with Crippen molar-refractivity contribution < 1.29 is 9.59 Å². The number of hydrogen-bond acceptors (Lipinski definition) is 4. The van der Waals surface area contributed by atoms with E-state index < -0.39 is 0 Å². The summed E-state index contributed by atoms with van der Waals surface area (Å²) in [5.41, 5.74) is 1.80. The minimum absolute atomic E-state index is 0.00941. The van der Waals surface area contributed by atoms with Crippen molar-refractivity contribution in [3.05, 3.63) is 65.2 Å². The largest absolute Gasteiger partial charge is 0.368 e. The van der Waals surface area contributed by atoms with Crippen molar-refractivity contribution in [3.63, 3.8) is 0 Å². The second kappa shape index (κ2) is 8.33. The first kappa shape index (κ1) is 19.0. The number of anilines is 1. The number of piperazine rings is 1. The topological polar surface area (TPSA) is 43.6 Å². The maximum Gasteiger partial charge on any atom is 0.240 e. The number of nitrogens with zero attached hydrogens (tertiary/aromatic N) is 3. The van der Waals surface area contributed by atoms with Crippen LogP contribution in [-0.2, 0) is 4.79 Å². The first-order valence-electron chi connectivity index (χ1n) is 9.73. The molecule has 1 atom stereocenters. The van der Waals surface area contributed by atoms with Gasteiger partial charge in [0, 0.05) is 62.0 Å². The van der Waals surface area contributed by atoms with Crippen LogP contribution in [0.25, 0.3) is 0 Å². The smallest absolute Gasteiger partial charge is 0.240 e. The van der Waals surface area contributed by atoms with Crippen LogP contribution in [0.2, 0.25) is 5.02 Å². The maximum atomic E-state index is 13.1. The third kappa shape index (κ3) is 4.37. The zero-order chi connectivity index (χ0) is 19.5. The molecule has 0 aromatic heterocycles. The Morgan fingerprint density at radius 1 is 0.857 bits per heavy atom. The number of para-hydroxylation sites is 1. The fraction of sp³-hybridized carbons (Fsp3) is 0.364. The minimum atomic E-state index is -0.355. The Kier molecular flexibility index (Phi) is 5.64. The van der Waals surface area contributed by atoms with Crippen LogP contribution < -0.4 is 4.90 Å². The molecule has 1 amide bonds. The van der Waals surface area contributed by atoms with Gasteiger partial charge >= 0.3 is 0 Å². The second-order valence-corrected chi connectivity index (χ2v) is 7.77. The average Bonchev–Trinajstić information content (AvgIpc) is 3.58. The number of ketones is 1. The third-order valence-corrected chi connectivity index (χ3v) is 5.72. The highest BCUT2D eigenvalue weighted by Gasteiger charge is 2.38. The summed E-state index contributed by atoms with van der Waals surface area (Å²) in [6, 6.07) is 16.8. The maximum absolute atomic E-state index is 13.1. The van der Waals surface area contributed by atoms with Crippen LogP contribution in [-0.4, -0.2) is 66.8 Å². The molecule has 0 spiro atoms. The number of carbonyl (C=O) groups is 2. The predicted molar refractivity (Wildman–Crippen MR) is 111 cm³/mol. The normalized spacial score (nSPS) is 18.0. The zero-order valence-electron chi connectivity index (χ0n) is 15.8. The lowest BCUT2D eigenvalue weighted by atomic mass is 10.0. The molecule has 146 valence electrons. The van der Waals surface area contributed by atoms with Crippen LogP contribution in [0.15, 0.2) is 54.6 Å². The Labute approximate surface area is 170 Å². The van der Waals surface area contributed by atoms with Gasteiger partial charge in [-0.25, -0.2) is 0 Å². The molecule has 1 unspecified atom stereocenters. The van der Waals surface area contributed by atoms with E-state index in [2.05, 4.69) is 21.9 Å². The Hall–Kier alpha value is -2.37. The molecule has 0 radical (unpaired) electrons. The van der Waals surface area contributed by atoms with Crippen molar-refractivity contribution in [2.45, 2.75) is 12.5 Å². The summed E-state index contributed by atoms with van der Waals surface area (Å²) in [5.74, 6) is 0.0670. The van der Waals surface area contributed by atoms with Crippen LogP contribution in [0.4, 0.5) is 5.69 Å². The standard InChI is InChI=1S/C22H24ClN3O2/c23-18-8-6-17(7-9-18)21(27)16-20(25-12-13-25)22(28)26-14-10-24(11-15-26)19-4-2-1-3-5-19/h1-9,20H,10-16H2. The lowest BCUT2D eigenvalue weighted by molar-refractivity contribution is -0.135. The summed E-state index contributed by atoms with van der Waals surface area (Å²) in [6.45, 7) is 4.77. The second-order valence-electron chi connectivity index (χ2n) is 7.33. The fourth-order valence-electron chi connectivity index (χ4n) is 3.71. The van der Waals surface area contributed by atoms with E-state index in [4.69, 9.17) is 11.6 Å². The molecule has 2 heterocycles. The molecule has 2 saturated heterocycles. The molecule has 2 aliphatic rings. The number of amides is 1. The third-order valence-electron chi connectivity index (χ3n) is 5.47. The van der Waals surface area contributed by atoms with Crippen molar-refractivity contribution in [2.75, 3.05) is 44.2 Å². The van der Waals surface area contributed by atoms with Crippen molar-refractivity contribution in [1.82, 2.24) is 9.80 Å². The number of rotatable bonds is 6. The first-order chi connectivity index (χ1) is 13.6. The van der Waals surface area contributed by atoms with Gasteiger partial charge in [0.2, 0.25) is 5.91 Å². The average molecular weight is 398 g/mol. The molecule has 0 aliphatic carbocycles.